The molecule has 37 heavy (non-hydrogen) atoms. The fourth-order valence-electron chi connectivity index (χ4n) is 3.57. The van der Waals surface area contributed by atoms with Gasteiger partial charge >= 0.3 is 23.9 Å². The fraction of sp³-hybridized carbons (Fsp3) is 0.682. The summed E-state index contributed by atoms with van der Waals surface area (Å²) in [6, 6.07) is 0. The first-order valence-corrected chi connectivity index (χ1v) is 11.8. The summed E-state index contributed by atoms with van der Waals surface area (Å²) in [7, 11) is 0. The summed E-state index contributed by atoms with van der Waals surface area (Å²) < 4.78 is 5.24. The van der Waals surface area contributed by atoms with Crippen LogP contribution in [0.2, 0.25) is 0 Å². The van der Waals surface area contributed by atoms with E-state index in [1.807, 2.05) is 0 Å². The van der Waals surface area contributed by atoms with Crippen molar-refractivity contribution < 1.29 is 49.1 Å². The number of hydrogen-bond acceptors (Lipinski definition) is 10. The molecule has 0 saturated carbocycles. The van der Waals surface area contributed by atoms with Crippen LogP contribution < -0.4 is 0 Å². The van der Waals surface area contributed by atoms with Gasteiger partial charge in [0.1, 0.15) is 19.6 Å². The zero-order valence-electron chi connectivity index (χ0n) is 21.0. The molecule has 1 heterocycles. The smallest absolute Gasteiger partial charge is 0.323 e. The van der Waals surface area contributed by atoms with Crippen molar-refractivity contribution >= 4 is 29.8 Å². The van der Waals surface area contributed by atoms with Crippen LogP contribution >= 0.6 is 0 Å². The van der Waals surface area contributed by atoms with Crippen molar-refractivity contribution in [3.8, 4) is 0 Å². The minimum atomic E-state index is -1.17. The summed E-state index contributed by atoms with van der Waals surface area (Å²) in [4.78, 5) is 65.6. The third-order valence-corrected chi connectivity index (χ3v) is 5.41. The Bertz CT molecular complexity index is 809. The standard InChI is InChI=1S/C22H37N5O10/c1-2-37-12-11-27(17-22(35)36)18(28)13-23-3-5-24(14-19(29)30)7-9-26(16-21(33)34)10-8-25(6-4-23)15-20(31)32/h7,9H,2-6,8,10-17H2,1H3,(H,29,30)(H,31,32)(H,33,34)(H,35,36)/b9-7-. The monoisotopic (exact) mass is 531 g/mol. The normalized spacial score (nSPS) is 16.9. The van der Waals surface area contributed by atoms with Crippen LogP contribution in [0.3, 0.4) is 0 Å². The predicted octanol–water partition coefficient (Wildman–Crippen LogP) is -2.12. The quantitative estimate of drug-likeness (QED) is 0.178. The Balaban J connectivity index is 3.10. The van der Waals surface area contributed by atoms with E-state index in [-0.39, 0.29) is 78.6 Å². The van der Waals surface area contributed by atoms with Gasteiger partial charge in [-0.1, -0.05) is 0 Å². The molecule has 15 heteroatoms. The number of carbonyl (C=O) groups excluding carboxylic acids is 1. The van der Waals surface area contributed by atoms with E-state index in [0.29, 0.717) is 6.61 Å². The van der Waals surface area contributed by atoms with Crippen molar-refractivity contribution in [2.24, 2.45) is 0 Å². The van der Waals surface area contributed by atoms with Crippen molar-refractivity contribution in [1.82, 2.24) is 24.5 Å². The molecule has 1 rings (SSSR count). The van der Waals surface area contributed by atoms with E-state index < -0.39 is 36.3 Å². The number of nitrogens with zero attached hydrogens (tertiary/aromatic N) is 5. The molecule has 0 unspecified atom stereocenters. The molecular weight excluding hydrogens is 494 g/mol. The Kier molecular flexibility index (Phi) is 14.6. The van der Waals surface area contributed by atoms with Crippen LogP contribution in [-0.2, 0) is 28.7 Å². The Morgan fingerprint density at radius 3 is 1.59 bits per heavy atom. The van der Waals surface area contributed by atoms with Crippen molar-refractivity contribution in [3.63, 3.8) is 0 Å². The summed E-state index contributed by atoms with van der Waals surface area (Å²) in [6.07, 6.45) is 2.91. The number of rotatable bonds is 14. The van der Waals surface area contributed by atoms with Crippen LogP contribution in [0.5, 0.6) is 0 Å². The van der Waals surface area contributed by atoms with Gasteiger partial charge in [0.2, 0.25) is 5.91 Å². The van der Waals surface area contributed by atoms with E-state index in [0.717, 1.165) is 0 Å². The van der Waals surface area contributed by atoms with Gasteiger partial charge in [0.05, 0.1) is 19.7 Å². The first-order valence-electron chi connectivity index (χ1n) is 11.8. The first kappa shape index (κ1) is 31.6. The number of hydrogen-bond donors (Lipinski definition) is 4. The molecule has 0 aromatic heterocycles. The largest absolute Gasteiger partial charge is 0.480 e. The van der Waals surface area contributed by atoms with Gasteiger partial charge in [-0.3, -0.25) is 33.8 Å². The zero-order chi connectivity index (χ0) is 27.8. The third-order valence-electron chi connectivity index (χ3n) is 5.41. The molecule has 4 N–H and O–H groups in total. The topological polar surface area (TPSA) is 192 Å². The van der Waals surface area contributed by atoms with Gasteiger partial charge in [-0.2, -0.15) is 0 Å². The molecule has 0 spiro atoms. The van der Waals surface area contributed by atoms with Crippen LogP contribution in [0.25, 0.3) is 0 Å². The van der Waals surface area contributed by atoms with E-state index in [4.69, 9.17) is 4.74 Å². The molecule has 0 aliphatic carbocycles. The highest BCUT2D eigenvalue weighted by atomic mass is 16.5. The van der Waals surface area contributed by atoms with Crippen LogP contribution in [0.1, 0.15) is 6.92 Å². The van der Waals surface area contributed by atoms with Crippen LogP contribution in [0, 0.1) is 0 Å². The maximum absolute atomic E-state index is 13.0. The molecule has 0 saturated heterocycles. The lowest BCUT2D eigenvalue weighted by Crippen LogP contribution is -2.48. The molecule has 210 valence electrons. The molecule has 0 fully saturated rings. The van der Waals surface area contributed by atoms with Gasteiger partial charge in [-0.15, -0.1) is 0 Å². The molecule has 0 aromatic carbocycles. The summed E-state index contributed by atoms with van der Waals surface area (Å²) in [5.41, 5.74) is 0. The molecular formula is C22H37N5O10. The Morgan fingerprint density at radius 2 is 1.16 bits per heavy atom. The molecule has 1 aliphatic rings. The number of amides is 1. The number of ether oxygens (including phenoxy) is 1. The Hall–Kier alpha value is -3.43. The molecule has 1 amide bonds. The minimum absolute atomic E-state index is 0.0885. The first-order chi connectivity index (χ1) is 17.5. The molecule has 1 aliphatic heterocycles. The molecule has 0 aromatic rings. The average Bonchev–Trinajstić information content (AvgIpc) is 2.78. The van der Waals surface area contributed by atoms with Gasteiger partial charge < -0.3 is 39.9 Å². The molecule has 0 radical (unpaired) electrons. The maximum Gasteiger partial charge on any atom is 0.323 e. The van der Waals surface area contributed by atoms with Gasteiger partial charge in [-0.25, -0.2) is 0 Å². The summed E-state index contributed by atoms with van der Waals surface area (Å²) in [5.74, 6) is -4.88. The number of aliphatic carboxylic acids is 4. The SMILES string of the molecule is CCOCCN(CC(=O)O)C(=O)CN1CCN(CC(=O)O)/C=C\N(CC(=O)O)CCN(CC(=O)O)CC1. The van der Waals surface area contributed by atoms with Crippen LogP contribution in [0.4, 0.5) is 0 Å². The van der Waals surface area contributed by atoms with Gasteiger partial charge in [0.25, 0.3) is 0 Å². The Morgan fingerprint density at radius 1 is 0.703 bits per heavy atom. The highest BCUT2D eigenvalue weighted by Crippen LogP contribution is 2.04. The average molecular weight is 532 g/mol. The number of carboxylic acids is 4. The van der Waals surface area contributed by atoms with Crippen LogP contribution in [0.15, 0.2) is 12.4 Å². The van der Waals surface area contributed by atoms with Crippen molar-refractivity contribution in [2.45, 2.75) is 6.92 Å². The minimum Gasteiger partial charge on any atom is -0.480 e. The fourth-order valence-corrected chi connectivity index (χ4v) is 3.57. The third kappa shape index (κ3) is 14.7. The summed E-state index contributed by atoms with van der Waals surface area (Å²) in [5, 5.41) is 36.9. The lowest BCUT2D eigenvalue weighted by atomic mass is 10.3. The van der Waals surface area contributed by atoms with Gasteiger partial charge in [0.15, 0.2) is 0 Å². The van der Waals surface area contributed by atoms with Crippen molar-refractivity contribution in [3.05, 3.63) is 12.4 Å². The van der Waals surface area contributed by atoms with E-state index in [1.165, 1.54) is 27.1 Å². The van der Waals surface area contributed by atoms with Gasteiger partial charge in [-0.05, 0) is 6.92 Å². The highest BCUT2D eigenvalue weighted by molar-refractivity contribution is 5.82. The van der Waals surface area contributed by atoms with E-state index in [1.54, 1.807) is 16.7 Å². The molecule has 15 nitrogen and oxygen atoms in total. The molecule has 0 bridgehead atoms. The maximum atomic E-state index is 13.0. The van der Waals surface area contributed by atoms with E-state index in [9.17, 15) is 44.4 Å². The Labute approximate surface area is 215 Å². The van der Waals surface area contributed by atoms with E-state index >= 15 is 0 Å². The zero-order valence-corrected chi connectivity index (χ0v) is 21.0. The summed E-state index contributed by atoms with van der Waals surface area (Å²) in [6.45, 7) is 2.06. The van der Waals surface area contributed by atoms with Crippen molar-refractivity contribution in [1.29, 1.82) is 0 Å². The number of carbonyl (C=O) groups is 5. The highest BCUT2D eigenvalue weighted by Gasteiger charge is 2.22. The second-order valence-electron chi connectivity index (χ2n) is 8.38. The van der Waals surface area contributed by atoms with Crippen molar-refractivity contribution in [2.75, 3.05) is 91.8 Å². The van der Waals surface area contributed by atoms with Gasteiger partial charge in [0, 0.05) is 64.8 Å². The summed E-state index contributed by atoms with van der Waals surface area (Å²) >= 11 is 0. The lowest BCUT2D eigenvalue weighted by molar-refractivity contribution is -0.145. The van der Waals surface area contributed by atoms with E-state index in [2.05, 4.69) is 0 Å². The molecule has 0 atom stereocenters. The number of carboxylic acid groups (broad SMARTS) is 4. The lowest BCUT2D eigenvalue weighted by Gasteiger charge is -2.32. The second-order valence-corrected chi connectivity index (χ2v) is 8.38. The predicted molar refractivity (Wildman–Crippen MR) is 129 cm³/mol. The second kappa shape index (κ2) is 17.1. The van der Waals surface area contributed by atoms with Crippen LogP contribution in [-0.4, -0.2) is 166 Å².